The number of benzene rings is 1. The van der Waals surface area contributed by atoms with E-state index in [1.54, 1.807) is 23.6 Å². The largest absolute Gasteiger partial charge is 0.465 e. The first-order chi connectivity index (χ1) is 9.74. The average Bonchev–Trinajstić information content (AvgIpc) is 3.12. The smallest absolute Gasteiger partial charge is 0.337 e. The van der Waals surface area contributed by atoms with Crippen LogP contribution in [0, 0.1) is 0 Å². The lowest BCUT2D eigenvalue weighted by Crippen LogP contribution is -2.01. The van der Waals surface area contributed by atoms with Crippen LogP contribution in [0.3, 0.4) is 0 Å². The Kier molecular flexibility index (Phi) is 3.28. The highest BCUT2D eigenvalue weighted by molar-refractivity contribution is 7.13. The first-order valence-corrected chi connectivity index (χ1v) is 7.23. The third-order valence-electron chi connectivity index (χ3n) is 3.31. The molecule has 0 spiro atoms. The Balaban J connectivity index is 2.23. The van der Waals surface area contributed by atoms with Crippen molar-refractivity contribution in [3.05, 3.63) is 41.5 Å². The Morgan fingerprint density at radius 3 is 2.95 bits per heavy atom. The number of carbonyl (C=O) groups excluding carboxylic acids is 1. The van der Waals surface area contributed by atoms with Gasteiger partial charge < -0.3 is 9.30 Å². The van der Waals surface area contributed by atoms with Crippen molar-refractivity contribution in [1.29, 1.82) is 0 Å². The second-order valence-electron chi connectivity index (χ2n) is 4.39. The van der Waals surface area contributed by atoms with E-state index < -0.39 is 0 Å². The minimum absolute atomic E-state index is 0.313. The van der Waals surface area contributed by atoms with Crippen molar-refractivity contribution in [2.24, 2.45) is 0 Å². The van der Waals surface area contributed by atoms with Gasteiger partial charge >= 0.3 is 5.97 Å². The number of thiazole rings is 1. The van der Waals surface area contributed by atoms with Crippen molar-refractivity contribution < 1.29 is 9.53 Å². The molecule has 0 saturated carbocycles. The summed E-state index contributed by atoms with van der Waals surface area (Å²) in [5, 5.41) is 4.07. The molecule has 0 unspecified atom stereocenters. The second kappa shape index (κ2) is 5.09. The Bertz CT molecular complexity index is 760. The zero-order valence-electron chi connectivity index (χ0n) is 11.3. The molecule has 2 heterocycles. The molecule has 102 valence electrons. The number of hydrogen-bond donors (Lipinski definition) is 0. The van der Waals surface area contributed by atoms with Crippen LogP contribution in [0.4, 0.5) is 0 Å². The van der Waals surface area contributed by atoms with Crippen molar-refractivity contribution in [1.82, 2.24) is 9.55 Å². The van der Waals surface area contributed by atoms with E-state index in [1.165, 1.54) is 7.11 Å². The van der Waals surface area contributed by atoms with Gasteiger partial charge in [-0.25, -0.2) is 9.78 Å². The summed E-state index contributed by atoms with van der Waals surface area (Å²) < 4.78 is 6.90. The van der Waals surface area contributed by atoms with Crippen LogP contribution >= 0.6 is 11.3 Å². The molecule has 0 aliphatic heterocycles. The number of fused-ring (bicyclic) bond motifs is 1. The Morgan fingerprint density at radius 1 is 1.45 bits per heavy atom. The second-order valence-corrected chi connectivity index (χ2v) is 5.28. The number of nitrogens with zero attached hydrogens (tertiary/aromatic N) is 2. The van der Waals surface area contributed by atoms with Crippen molar-refractivity contribution in [2.75, 3.05) is 7.11 Å². The number of rotatable bonds is 3. The predicted octanol–water partition coefficient (Wildman–Crippen LogP) is 3.57. The minimum atomic E-state index is -0.313. The lowest BCUT2D eigenvalue weighted by molar-refractivity contribution is 0.0601. The molecule has 20 heavy (non-hydrogen) atoms. The van der Waals surface area contributed by atoms with Gasteiger partial charge in [-0.2, -0.15) is 0 Å². The Morgan fingerprint density at radius 2 is 2.30 bits per heavy atom. The van der Waals surface area contributed by atoms with E-state index in [1.807, 2.05) is 17.5 Å². The van der Waals surface area contributed by atoms with Crippen LogP contribution < -0.4 is 0 Å². The van der Waals surface area contributed by atoms with Gasteiger partial charge in [0.1, 0.15) is 5.01 Å². The third-order valence-corrected chi connectivity index (χ3v) is 4.11. The van der Waals surface area contributed by atoms with E-state index in [-0.39, 0.29) is 5.97 Å². The van der Waals surface area contributed by atoms with Gasteiger partial charge in [-0.15, -0.1) is 11.3 Å². The van der Waals surface area contributed by atoms with Crippen molar-refractivity contribution >= 4 is 28.2 Å². The number of esters is 1. The lowest BCUT2D eigenvalue weighted by Gasteiger charge is -2.03. The Labute approximate surface area is 120 Å². The SMILES string of the molecule is CCn1cc(-c2nccs2)c2ccc(C(=O)OC)cc21. The number of carbonyl (C=O) groups is 1. The van der Waals surface area contributed by atoms with E-state index in [0.717, 1.165) is 28.0 Å². The highest BCUT2D eigenvalue weighted by Crippen LogP contribution is 2.32. The van der Waals surface area contributed by atoms with Gasteiger partial charge in [0.25, 0.3) is 0 Å². The molecule has 0 aliphatic carbocycles. The molecule has 3 rings (SSSR count). The van der Waals surface area contributed by atoms with Gasteiger partial charge in [-0.1, -0.05) is 6.07 Å². The first kappa shape index (κ1) is 12.9. The van der Waals surface area contributed by atoms with Gasteiger partial charge in [0.15, 0.2) is 0 Å². The minimum Gasteiger partial charge on any atom is -0.465 e. The fourth-order valence-electron chi connectivity index (χ4n) is 2.33. The molecule has 3 aromatic rings. The van der Waals surface area contributed by atoms with Gasteiger partial charge in [0.05, 0.1) is 12.7 Å². The summed E-state index contributed by atoms with van der Waals surface area (Å²) in [6, 6.07) is 5.64. The molecule has 0 amide bonds. The van der Waals surface area contributed by atoms with Gasteiger partial charge in [-0.05, 0) is 19.1 Å². The maximum Gasteiger partial charge on any atom is 0.337 e. The number of methoxy groups -OCH3 is 1. The van der Waals surface area contributed by atoms with E-state index in [0.29, 0.717) is 5.56 Å². The molecular formula is C15H14N2O2S. The van der Waals surface area contributed by atoms with Crippen LogP contribution in [0.15, 0.2) is 36.0 Å². The van der Waals surface area contributed by atoms with Crippen LogP contribution in [-0.4, -0.2) is 22.6 Å². The fraction of sp³-hybridized carbons (Fsp3) is 0.200. The molecule has 0 N–H and O–H groups in total. The summed E-state index contributed by atoms with van der Waals surface area (Å²) in [5.41, 5.74) is 2.70. The van der Waals surface area contributed by atoms with Crippen LogP contribution in [0.5, 0.6) is 0 Å². The Hall–Kier alpha value is -2.14. The fourth-order valence-corrected chi connectivity index (χ4v) is 2.99. The van der Waals surface area contributed by atoms with Crippen molar-refractivity contribution in [3.63, 3.8) is 0 Å². The topological polar surface area (TPSA) is 44.1 Å². The molecule has 0 aliphatic rings. The van der Waals surface area contributed by atoms with Crippen LogP contribution in [0.25, 0.3) is 21.5 Å². The molecule has 5 heteroatoms. The van der Waals surface area contributed by atoms with Crippen LogP contribution in [-0.2, 0) is 11.3 Å². The van der Waals surface area contributed by atoms with Crippen LogP contribution in [0.1, 0.15) is 17.3 Å². The van der Waals surface area contributed by atoms with Crippen molar-refractivity contribution in [3.8, 4) is 10.6 Å². The highest BCUT2D eigenvalue weighted by atomic mass is 32.1. The van der Waals surface area contributed by atoms with Gasteiger partial charge in [0, 0.05) is 40.8 Å². The first-order valence-electron chi connectivity index (χ1n) is 6.35. The summed E-state index contributed by atoms with van der Waals surface area (Å²) in [7, 11) is 1.40. The highest BCUT2D eigenvalue weighted by Gasteiger charge is 2.14. The van der Waals surface area contributed by atoms with E-state index >= 15 is 0 Å². The molecule has 1 aromatic carbocycles. The number of ether oxygens (including phenoxy) is 1. The summed E-state index contributed by atoms with van der Waals surface area (Å²) >= 11 is 1.61. The molecule has 0 fully saturated rings. The predicted molar refractivity (Wildman–Crippen MR) is 80.1 cm³/mol. The summed E-state index contributed by atoms with van der Waals surface area (Å²) in [4.78, 5) is 16.0. The molecule has 0 atom stereocenters. The van der Waals surface area contributed by atoms with Gasteiger partial charge in [0.2, 0.25) is 0 Å². The normalized spacial score (nSPS) is 10.9. The standard InChI is InChI=1S/C15H14N2O2S/c1-3-17-9-12(14-16-6-7-20-14)11-5-4-10(8-13(11)17)15(18)19-2/h4-9H,3H2,1-2H3. The zero-order valence-corrected chi connectivity index (χ0v) is 12.1. The quantitative estimate of drug-likeness (QED) is 0.691. The maximum atomic E-state index is 11.7. The summed E-state index contributed by atoms with van der Waals surface area (Å²) in [6.45, 7) is 2.92. The third kappa shape index (κ3) is 2.00. The average molecular weight is 286 g/mol. The number of aryl methyl sites for hydroxylation is 1. The molecule has 0 saturated heterocycles. The zero-order chi connectivity index (χ0) is 14.1. The van der Waals surface area contributed by atoms with Gasteiger partial charge in [-0.3, -0.25) is 0 Å². The molecule has 4 nitrogen and oxygen atoms in total. The van der Waals surface area contributed by atoms with E-state index in [2.05, 4.69) is 22.7 Å². The maximum absolute atomic E-state index is 11.7. The summed E-state index contributed by atoms with van der Waals surface area (Å²) in [5.74, 6) is -0.313. The molecule has 0 bridgehead atoms. The van der Waals surface area contributed by atoms with E-state index in [9.17, 15) is 4.79 Å². The molecule has 2 aromatic heterocycles. The number of aromatic nitrogens is 2. The lowest BCUT2D eigenvalue weighted by atomic mass is 10.1. The number of hydrogen-bond acceptors (Lipinski definition) is 4. The summed E-state index contributed by atoms with van der Waals surface area (Å²) in [6.07, 6.45) is 3.89. The molecular weight excluding hydrogens is 272 g/mol. The molecule has 0 radical (unpaired) electrons. The monoisotopic (exact) mass is 286 g/mol. The van der Waals surface area contributed by atoms with E-state index in [4.69, 9.17) is 4.74 Å². The van der Waals surface area contributed by atoms with Crippen LogP contribution in [0.2, 0.25) is 0 Å². The van der Waals surface area contributed by atoms with Crippen molar-refractivity contribution in [2.45, 2.75) is 13.5 Å².